The Morgan fingerprint density at radius 3 is 3.00 bits per heavy atom. The fourth-order valence-electron chi connectivity index (χ4n) is 2.23. The highest BCUT2D eigenvalue weighted by molar-refractivity contribution is 5.82. The predicted octanol–water partition coefficient (Wildman–Crippen LogP) is 1.17. The highest BCUT2D eigenvalue weighted by atomic mass is 19.1. The first kappa shape index (κ1) is 12.8. The number of para-hydroxylation sites is 1. The number of rotatable bonds is 2. The average molecular weight is 251 g/mol. The van der Waals surface area contributed by atoms with Crippen LogP contribution < -0.4 is 16.0 Å². The van der Waals surface area contributed by atoms with Gasteiger partial charge in [0.1, 0.15) is 5.82 Å². The van der Waals surface area contributed by atoms with Gasteiger partial charge in [-0.2, -0.15) is 0 Å². The Hall–Kier alpha value is -1.62. The van der Waals surface area contributed by atoms with Gasteiger partial charge in [-0.15, -0.1) is 0 Å². The molecular formula is C13H18FN3O. The van der Waals surface area contributed by atoms with E-state index in [4.69, 9.17) is 5.73 Å². The lowest BCUT2D eigenvalue weighted by atomic mass is 10.1. The Kier molecular flexibility index (Phi) is 3.81. The molecule has 4 nitrogen and oxygen atoms in total. The van der Waals surface area contributed by atoms with Gasteiger partial charge in [0.15, 0.2) is 0 Å². The highest BCUT2D eigenvalue weighted by Gasteiger charge is 2.21. The van der Waals surface area contributed by atoms with E-state index >= 15 is 0 Å². The lowest BCUT2D eigenvalue weighted by Crippen LogP contribution is -2.34. The molecule has 1 aromatic rings. The van der Waals surface area contributed by atoms with Crippen molar-refractivity contribution in [1.82, 2.24) is 5.32 Å². The minimum atomic E-state index is -0.320. The van der Waals surface area contributed by atoms with Crippen LogP contribution in [0.3, 0.4) is 0 Å². The first-order valence-corrected chi connectivity index (χ1v) is 6.15. The van der Waals surface area contributed by atoms with Crippen LogP contribution in [0.25, 0.3) is 0 Å². The number of nitrogens with two attached hydrogens (primary N) is 1. The Balaban J connectivity index is 2.39. The molecule has 1 aliphatic rings. The normalized spacial score (nSPS) is 18.2. The molecule has 1 saturated heterocycles. The van der Waals surface area contributed by atoms with Gasteiger partial charge in [-0.05, 0) is 25.0 Å². The molecule has 18 heavy (non-hydrogen) atoms. The molecule has 1 aromatic carbocycles. The van der Waals surface area contributed by atoms with Gasteiger partial charge in [0.25, 0.3) is 0 Å². The number of anilines is 1. The maximum Gasteiger partial charge on any atom is 0.239 e. The van der Waals surface area contributed by atoms with E-state index < -0.39 is 0 Å². The van der Waals surface area contributed by atoms with Gasteiger partial charge in [0.2, 0.25) is 5.91 Å². The predicted molar refractivity (Wildman–Crippen MR) is 68.8 cm³/mol. The van der Waals surface area contributed by atoms with Gasteiger partial charge in [-0.25, -0.2) is 4.39 Å². The topological polar surface area (TPSA) is 58.4 Å². The minimum absolute atomic E-state index is 0.0774. The van der Waals surface area contributed by atoms with Gasteiger partial charge in [-0.3, -0.25) is 4.79 Å². The monoisotopic (exact) mass is 251 g/mol. The maximum atomic E-state index is 14.0. The fourth-order valence-corrected chi connectivity index (χ4v) is 2.23. The second-order valence-electron chi connectivity index (χ2n) is 4.59. The molecule has 2 rings (SSSR count). The Morgan fingerprint density at radius 1 is 1.50 bits per heavy atom. The first-order chi connectivity index (χ1) is 8.59. The summed E-state index contributed by atoms with van der Waals surface area (Å²) in [4.78, 5) is 13.3. The summed E-state index contributed by atoms with van der Waals surface area (Å²) in [6.07, 6.45) is 0.804. The van der Waals surface area contributed by atoms with Crippen LogP contribution in [0, 0.1) is 5.82 Å². The molecule has 98 valence electrons. The standard InChI is InChI=1S/C13H18FN3O/c1-9(15)10-4-2-5-11(14)13(10)17-7-3-6-16-12(18)8-17/h2,4-5,9H,3,6-8,15H2,1H3,(H,16,18). The third-order valence-corrected chi connectivity index (χ3v) is 3.09. The summed E-state index contributed by atoms with van der Waals surface area (Å²) in [6, 6.07) is 4.60. The van der Waals surface area contributed by atoms with E-state index in [0.717, 1.165) is 12.0 Å². The molecular weight excluding hydrogens is 233 g/mol. The van der Waals surface area contributed by atoms with Crippen LogP contribution in [0.5, 0.6) is 0 Å². The van der Waals surface area contributed by atoms with E-state index in [1.54, 1.807) is 11.0 Å². The van der Waals surface area contributed by atoms with Gasteiger partial charge in [-0.1, -0.05) is 12.1 Å². The third kappa shape index (κ3) is 2.61. The molecule has 0 saturated carbocycles. The summed E-state index contributed by atoms with van der Waals surface area (Å²) in [5.41, 5.74) is 7.07. The van der Waals surface area contributed by atoms with Crippen molar-refractivity contribution in [3.8, 4) is 0 Å². The summed E-state index contributed by atoms with van der Waals surface area (Å²) < 4.78 is 14.0. The fraction of sp³-hybridized carbons (Fsp3) is 0.462. The Bertz CT molecular complexity index is 448. The molecule has 0 spiro atoms. The van der Waals surface area contributed by atoms with Crippen LogP contribution in [-0.4, -0.2) is 25.5 Å². The Labute approximate surface area is 106 Å². The van der Waals surface area contributed by atoms with E-state index in [1.807, 2.05) is 13.0 Å². The Morgan fingerprint density at radius 2 is 2.28 bits per heavy atom. The smallest absolute Gasteiger partial charge is 0.239 e. The molecule has 0 bridgehead atoms. The molecule has 1 amide bonds. The molecule has 1 heterocycles. The number of benzene rings is 1. The van der Waals surface area contributed by atoms with Gasteiger partial charge < -0.3 is 16.0 Å². The summed E-state index contributed by atoms with van der Waals surface area (Å²) in [6.45, 7) is 3.29. The van der Waals surface area contributed by atoms with E-state index in [0.29, 0.717) is 18.8 Å². The summed E-state index contributed by atoms with van der Waals surface area (Å²) in [5, 5.41) is 2.78. The number of carbonyl (C=O) groups excluding carboxylic acids is 1. The van der Waals surface area contributed by atoms with Crippen LogP contribution in [0.2, 0.25) is 0 Å². The molecule has 1 aliphatic heterocycles. The number of amides is 1. The van der Waals surface area contributed by atoms with Crippen molar-refractivity contribution in [3.63, 3.8) is 0 Å². The number of nitrogens with one attached hydrogen (secondary N) is 1. The highest BCUT2D eigenvalue weighted by Crippen LogP contribution is 2.28. The van der Waals surface area contributed by atoms with Gasteiger partial charge in [0, 0.05) is 19.1 Å². The van der Waals surface area contributed by atoms with Crippen LogP contribution >= 0.6 is 0 Å². The number of carbonyl (C=O) groups is 1. The quantitative estimate of drug-likeness (QED) is 0.829. The zero-order valence-corrected chi connectivity index (χ0v) is 10.4. The number of hydrogen-bond acceptors (Lipinski definition) is 3. The van der Waals surface area contributed by atoms with Crippen molar-refractivity contribution in [2.45, 2.75) is 19.4 Å². The van der Waals surface area contributed by atoms with Crippen LogP contribution in [0.1, 0.15) is 24.9 Å². The molecule has 5 heteroatoms. The zero-order chi connectivity index (χ0) is 13.1. The van der Waals surface area contributed by atoms with Crippen molar-refractivity contribution < 1.29 is 9.18 Å². The molecule has 1 fully saturated rings. The first-order valence-electron chi connectivity index (χ1n) is 6.15. The van der Waals surface area contributed by atoms with E-state index in [9.17, 15) is 9.18 Å². The average Bonchev–Trinajstić information content (AvgIpc) is 2.53. The van der Waals surface area contributed by atoms with Crippen molar-refractivity contribution in [2.24, 2.45) is 5.73 Å². The summed E-state index contributed by atoms with van der Waals surface area (Å²) in [7, 11) is 0. The molecule has 3 N–H and O–H groups in total. The van der Waals surface area contributed by atoms with E-state index in [-0.39, 0.29) is 24.3 Å². The second-order valence-corrected chi connectivity index (χ2v) is 4.59. The third-order valence-electron chi connectivity index (χ3n) is 3.09. The minimum Gasteiger partial charge on any atom is -0.360 e. The van der Waals surface area contributed by atoms with E-state index in [1.165, 1.54) is 6.07 Å². The van der Waals surface area contributed by atoms with Crippen LogP contribution in [0.15, 0.2) is 18.2 Å². The van der Waals surface area contributed by atoms with Crippen molar-refractivity contribution in [1.29, 1.82) is 0 Å². The van der Waals surface area contributed by atoms with Gasteiger partial charge >= 0.3 is 0 Å². The molecule has 0 radical (unpaired) electrons. The number of halogens is 1. The van der Waals surface area contributed by atoms with Crippen molar-refractivity contribution >= 4 is 11.6 Å². The molecule has 1 atom stereocenters. The van der Waals surface area contributed by atoms with Crippen molar-refractivity contribution in [2.75, 3.05) is 24.5 Å². The largest absolute Gasteiger partial charge is 0.360 e. The van der Waals surface area contributed by atoms with Crippen LogP contribution in [-0.2, 0) is 4.79 Å². The number of hydrogen-bond donors (Lipinski definition) is 2. The SMILES string of the molecule is CC(N)c1cccc(F)c1N1CCCNC(=O)C1. The summed E-state index contributed by atoms with van der Waals surface area (Å²) in [5.74, 6) is -0.397. The lowest BCUT2D eigenvalue weighted by Gasteiger charge is -2.26. The molecule has 0 aliphatic carbocycles. The van der Waals surface area contributed by atoms with Crippen LogP contribution in [0.4, 0.5) is 10.1 Å². The van der Waals surface area contributed by atoms with Gasteiger partial charge in [0.05, 0.1) is 12.2 Å². The maximum absolute atomic E-state index is 14.0. The molecule has 1 unspecified atom stereocenters. The zero-order valence-electron chi connectivity index (χ0n) is 10.4. The second kappa shape index (κ2) is 5.35. The molecule has 0 aromatic heterocycles. The van der Waals surface area contributed by atoms with Crippen molar-refractivity contribution in [3.05, 3.63) is 29.6 Å². The van der Waals surface area contributed by atoms with E-state index in [2.05, 4.69) is 5.32 Å². The summed E-state index contributed by atoms with van der Waals surface area (Å²) >= 11 is 0. The lowest BCUT2D eigenvalue weighted by molar-refractivity contribution is -0.119. The number of nitrogens with zero attached hydrogens (tertiary/aromatic N) is 1.